The third kappa shape index (κ3) is 4.39. The van der Waals surface area contributed by atoms with Crippen molar-refractivity contribution < 1.29 is 4.79 Å². The molecule has 1 aliphatic carbocycles. The number of thiazole rings is 1. The van der Waals surface area contributed by atoms with Crippen LogP contribution in [-0.2, 0) is 25.9 Å². The molecule has 4 rings (SSSR count). The van der Waals surface area contributed by atoms with Crippen LogP contribution in [0.2, 0.25) is 0 Å². The molecule has 1 aliphatic rings. The van der Waals surface area contributed by atoms with Gasteiger partial charge in [0.25, 0.3) is 11.5 Å². The van der Waals surface area contributed by atoms with Crippen LogP contribution in [0.25, 0.3) is 11.0 Å². The lowest BCUT2D eigenvalue weighted by Gasteiger charge is -2.15. The van der Waals surface area contributed by atoms with Crippen molar-refractivity contribution in [2.45, 2.75) is 72.4 Å². The molecule has 0 atom stereocenters. The Labute approximate surface area is 190 Å². The van der Waals surface area contributed by atoms with Crippen molar-refractivity contribution in [3.63, 3.8) is 0 Å². The minimum Gasteiger partial charge on any atom is -0.345 e. The maximum Gasteiger partial charge on any atom is 0.330 e. The summed E-state index contributed by atoms with van der Waals surface area (Å²) in [5.74, 6) is -0.175. The van der Waals surface area contributed by atoms with E-state index in [0.717, 1.165) is 30.0 Å². The largest absolute Gasteiger partial charge is 0.345 e. The minimum absolute atomic E-state index is 0.0264. The van der Waals surface area contributed by atoms with Crippen molar-refractivity contribution in [2.75, 3.05) is 0 Å². The van der Waals surface area contributed by atoms with Crippen LogP contribution in [0.1, 0.15) is 78.1 Å². The van der Waals surface area contributed by atoms with Crippen LogP contribution in [0.4, 0.5) is 0 Å². The molecule has 3 aromatic heterocycles. The Kier molecular flexibility index (Phi) is 6.28. The second kappa shape index (κ2) is 8.97. The van der Waals surface area contributed by atoms with Crippen LogP contribution >= 0.6 is 11.3 Å². The molecule has 0 bridgehead atoms. The summed E-state index contributed by atoms with van der Waals surface area (Å²) < 4.78 is 1.46. The van der Waals surface area contributed by atoms with Crippen LogP contribution < -0.4 is 16.6 Å². The van der Waals surface area contributed by atoms with Crippen LogP contribution in [0.3, 0.4) is 0 Å². The smallest absolute Gasteiger partial charge is 0.330 e. The van der Waals surface area contributed by atoms with Crippen molar-refractivity contribution in [1.29, 1.82) is 0 Å². The number of H-pyrrole nitrogens is 1. The van der Waals surface area contributed by atoms with E-state index in [1.54, 1.807) is 17.4 Å². The zero-order valence-electron chi connectivity index (χ0n) is 18.9. The number of pyridine rings is 1. The molecule has 1 amide bonds. The van der Waals surface area contributed by atoms with Gasteiger partial charge in [0.15, 0.2) is 5.65 Å². The Morgan fingerprint density at radius 1 is 1.19 bits per heavy atom. The highest BCUT2D eigenvalue weighted by Gasteiger charge is 2.22. The molecule has 2 N–H and O–H groups in total. The Hall–Kier alpha value is -2.81. The van der Waals surface area contributed by atoms with Gasteiger partial charge in [-0.3, -0.25) is 19.1 Å². The molecule has 9 heteroatoms. The third-order valence-corrected chi connectivity index (χ3v) is 6.80. The highest BCUT2D eigenvalue weighted by atomic mass is 32.1. The average molecular weight is 456 g/mol. The lowest BCUT2D eigenvalue weighted by atomic mass is 10.0. The summed E-state index contributed by atoms with van der Waals surface area (Å²) >= 11 is 1.65. The van der Waals surface area contributed by atoms with Crippen molar-refractivity contribution in [2.24, 2.45) is 5.92 Å². The molecule has 170 valence electrons. The van der Waals surface area contributed by atoms with E-state index in [1.807, 2.05) is 27.7 Å². The second-order valence-electron chi connectivity index (χ2n) is 9.08. The average Bonchev–Trinajstić information content (AvgIpc) is 3.16. The van der Waals surface area contributed by atoms with Crippen LogP contribution in [0.5, 0.6) is 0 Å². The van der Waals surface area contributed by atoms with E-state index in [0.29, 0.717) is 18.8 Å². The van der Waals surface area contributed by atoms with Gasteiger partial charge >= 0.3 is 5.69 Å². The number of aryl methyl sites for hydroxylation is 2. The van der Waals surface area contributed by atoms with E-state index in [-0.39, 0.29) is 34.3 Å². The molecular formula is C23H29N5O3S. The number of hydrogen-bond donors (Lipinski definition) is 2. The first-order chi connectivity index (χ1) is 15.2. The van der Waals surface area contributed by atoms with E-state index in [1.165, 1.54) is 15.9 Å². The number of rotatable bonds is 6. The van der Waals surface area contributed by atoms with Gasteiger partial charge in [0, 0.05) is 17.1 Å². The fourth-order valence-corrected chi connectivity index (χ4v) is 5.13. The van der Waals surface area contributed by atoms with Gasteiger partial charge in [-0.2, -0.15) is 0 Å². The fraction of sp³-hybridized carbons (Fsp3) is 0.522. The van der Waals surface area contributed by atoms with Crippen LogP contribution in [-0.4, -0.2) is 25.4 Å². The monoisotopic (exact) mass is 455 g/mol. The van der Waals surface area contributed by atoms with Crippen LogP contribution in [0.15, 0.2) is 15.7 Å². The van der Waals surface area contributed by atoms with E-state index < -0.39 is 11.2 Å². The van der Waals surface area contributed by atoms with Gasteiger partial charge in [0.2, 0.25) is 0 Å². The van der Waals surface area contributed by atoms with Crippen molar-refractivity contribution in [3.05, 3.63) is 53.7 Å². The first-order valence-corrected chi connectivity index (χ1v) is 12.0. The summed E-state index contributed by atoms with van der Waals surface area (Å²) in [5, 5.41) is 3.94. The molecule has 0 unspecified atom stereocenters. The highest BCUT2D eigenvalue weighted by Crippen LogP contribution is 2.27. The van der Waals surface area contributed by atoms with Gasteiger partial charge < -0.3 is 5.32 Å². The Morgan fingerprint density at radius 3 is 2.62 bits per heavy atom. The maximum absolute atomic E-state index is 13.2. The van der Waals surface area contributed by atoms with Gasteiger partial charge in [0.1, 0.15) is 5.01 Å². The van der Waals surface area contributed by atoms with E-state index in [4.69, 9.17) is 0 Å². The molecule has 0 aromatic carbocycles. The van der Waals surface area contributed by atoms with E-state index in [2.05, 4.69) is 20.3 Å². The number of carbonyl (C=O) groups excluding carboxylic acids is 1. The molecule has 0 fully saturated rings. The van der Waals surface area contributed by atoms with E-state index in [9.17, 15) is 14.4 Å². The summed E-state index contributed by atoms with van der Waals surface area (Å²) in [6.45, 7) is 8.60. The molecule has 32 heavy (non-hydrogen) atoms. The Bertz CT molecular complexity index is 1260. The molecule has 0 spiro atoms. The predicted octanol–water partition coefficient (Wildman–Crippen LogP) is 3.13. The summed E-state index contributed by atoms with van der Waals surface area (Å²) in [5.41, 5.74) is 1.20. The topological polar surface area (TPSA) is 110 Å². The normalized spacial score (nSPS) is 13.7. The highest BCUT2D eigenvalue weighted by molar-refractivity contribution is 7.11. The summed E-state index contributed by atoms with van der Waals surface area (Å²) in [4.78, 5) is 51.4. The zero-order valence-corrected chi connectivity index (χ0v) is 19.8. The molecule has 3 heterocycles. The quantitative estimate of drug-likeness (QED) is 0.593. The van der Waals surface area contributed by atoms with Gasteiger partial charge in [-0.1, -0.05) is 27.7 Å². The summed E-state index contributed by atoms with van der Waals surface area (Å²) in [6, 6.07) is 1.66. The first-order valence-electron chi connectivity index (χ1n) is 11.2. The number of fused-ring (bicyclic) bond motifs is 2. The number of carbonyl (C=O) groups is 1. The Morgan fingerprint density at radius 2 is 1.94 bits per heavy atom. The SMILES string of the molecule is CC(C)Cn1c(=O)[nH]c(=O)c2c(C(=O)NCc3nc4c(s3)CCCC4)cc(C(C)C)nc21. The standard InChI is InChI=1S/C23H29N5O3S/c1-12(2)11-28-20-19(22(30)27-23(28)31)14(9-16(26-20)13(3)4)21(29)24-10-18-25-15-7-5-6-8-17(15)32-18/h9,12-13H,5-8,10-11H2,1-4H3,(H,24,29)(H,27,30,31). The van der Waals surface area contributed by atoms with Crippen molar-refractivity contribution >= 4 is 28.3 Å². The van der Waals surface area contributed by atoms with Gasteiger partial charge in [-0.15, -0.1) is 11.3 Å². The third-order valence-electron chi connectivity index (χ3n) is 5.64. The Balaban J connectivity index is 1.74. The second-order valence-corrected chi connectivity index (χ2v) is 10.2. The lowest BCUT2D eigenvalue weighted by Crippen LogP contribution is -2.34. The van der Waals surface area contributed by atoms with Gasteiger partial charge in [-0.05, 0) is 43.6 Å². The maximum atomic E-state index is 13.2. The number of amides is 1. The number of aromatic amines is 1. The number of hydrogen-bond acceptors (Lipinski definition) is 6. The fourth-order valence-electron chi connectivity index (χ4n) is 4.03. The summed E-state index contributed by atoms with van der Waals surface area (Å²) in [7, 11) is 0. The zero-order chi connectivity index (χ0) is 23.0. The lowest BCUT2D eigenvalue weighted by molar-refractivity contribution is 0.0952. The first kappa shape index (κ1) is 22.4. The molecular weight excluding hydrogens is 426 g/mol. The molecule has 0 aliphatic heterocycles. The number of nitrogens with one attached hydrogen (secondary N) is 2. The number of nitrogens with zero attached hydrogens (tertiary/aromatic N) is 3. The molecule has 0 saturated heterocycles. The summed E-state index contributed by atoms with van der Waals surface area (Å²) in [6.07, 6.45) is 4.39. The number of aromatic nitrogens is 4. The van der Waals surface area contributed by atoms with Crippen molar-refractivity contribution in [3.8, 4) is 0 Å². The molecule has 3 aromatic rings. The molecule has 0 saturated carbocycles. The predicted molar refractivity (Wildman–Crippen MR) is 125 cm³/mol. The molecule has 0 radical (unpaired) electrons. The minimum atomic E-state index is -0.595. The van der Waals surface area contributed by atoms with Gasteiger partial charge in [-0.25, -0.2) is 14.8 Å². The van der Waals surface area contributed by atoms with E-state index >= 15 is 0 Å². The van der Waals surface area contributed by atoms with Crippen molar-refractivity contribution in [1.82, 2.24) is 24.8 Å². The van der Waals surface area contributed by atoms with Crippen LogP contribution in [0, 0.1) is 5.92 Å². The molecule has 8 nitrogen and oxygen atoms in total. The van der Waals surface area contributed by atoms with Gasteiger partial charge in [0.05, 0.1) is 23.2 Å².